The van der Waals surface area contributed by atoms with Crippen molar-refractivity contribution in [2.45, 2.75) is 18.9 Å². The summed E-state index contributed by atoms with van der Waals surface area (Å²) in [5.74, 6) is 1.68. The van der Waals surface area contributed by atoms with Gasteiger partial charge in [0.05, 0.1) is 11.6 Å². The Morgan fingerprint density at radius 3 is 2.60 bits per heavy atom. The molecule has 2 aromatic rings. The van der Waals surface area contributed by atoms with Crippen molar-refractivity contribution in [3.63, 3.8) is 0 Å². The molecule has 0 radical (unpaired) electrons. The molecule has 1 atom stereocenters. The summed E-state index contributed by atoms with van der Waals surface area (Å²) in [6.07, 6.45) is 4.10. The van der Waals surface area contributed by atoms with Crippen LogP contribution in [0.4, 0.5) is 17.5 Å². The van der Waals surface area contributed by atoms with Gasteiger partial charge >= 0.3 is 0 Å². The summed E-state index contributed by atoms with van der Waals surface area (Å²) in [4.78, 5) is 15.5. The molecule has 6 nitrogen and oxygen atoms in total. The third kappa shape index (κ3) is 3.82. The Morgan fingerprint density at radius 1 is 1.16 bits per heavy atom. The molecule has 0 saturated carbocycles. The molecular formula is C19H24N6. The Balaban J connectivity index is 1.74. The zero-order chi connectivity index (χ0) is 17.8. The van der Waals surface area contributed by atoms with Crippen LogP contribution < -0.4 is 14.7 Å². The van der Waals surface area contributed by atoms with Gasteiger partial charge in [-0.05, 0) is 43.2 Å². The van der Waals surface area contributed by atoms with Crippen LogP contribution in [0.15, 0.2) is 36.5 Å². The van der Waals surface area contributed by atoms with Crippen LogP contribution in [0, 0.1) is 11.3 Å². The van der Waals surface area contributed by atoms with E-state index in [1.807, 2.05) is 55.5 Å². The Kier molecular flexibility index (Phi) is 5.03. The van der Waals surface area contributed by atoms with Crippen LogP contribution in [-0.2, 0) is 0 Å². The second-order valence-corrected chi connectivity index (χ2v) is 6.62. The summed E-state index contributed by atoms with van der Waals surface area (Å²) in [7, 11) is 6.01. The van der Waals surface area contributed by atoms with Gasteiger partial charge in [-0.25, -0.2) is 4.98 Å². The Hall–Kier alpha value is -2.81. The standard InChI is InChI=1S/C19H24N6/c1-23(2)19-21-11-10-18(22-19)24(3)17-5-4-12-25(14-17)16-8-6-15(13-20)7-9-16/h6-11,17H,4-5,12,14H2,1-3H3. The fraction of sp³-hybridized carbons (Fsp3) is 0.421. The van der Waals surface area contributed by atoms with Crippen LogP contribution in [0.1, 0.15) is 18.4 Å². The van der Waals surface area contributed by atoms with Gasteiger partial charge in [-0.15, -0.1) is 0 Å². The number of piperidine rings is 1. The topological polar surface area (TPSA) is 59.3 Å². The first kappa shape index (κ1) is 17.0. The zero-order valence-electron chi connectivity index (χ0n) is 15.1. The fourth-order valence-corrected chi connectivity index (χ4v) is 3.19. The molecule has 1 aromatic heterocycles. The van der Waals surface area contributed by atoms with E-state index in [1.54, 1.807) is 0 Å². The van der Waals surface area contributed by atoms with Gasteiger partial charge in [0.25, 0.3) is 0 Å². The van der Waals surface area contributed by atoms with Crippen molar-refractivity contribution in [1.29, 1.82) is 5.26 Å². The minimum atomic E-state index is 0.398. The highest BCUT2D eigenvalue weighted by Crippen LogP contribution is 2.25. The van der Waals surface area contributed by atoms with Gasteiger partial charge in [-0.3, -0.25) is 0 Å². The van der Waals surface area contributed by atoms with Gasteiger partial charge < -0.3 is 14.7 Å². The number of nitrogens with zero attached hydrogens (tertiary/aromatic N) is 6. The maximum Gasteiger partial charge on any atom is 0.226 e. The Morgan fingerprint density at radius 2 is 1.92 bits per heavy atom. The molecule has 2 heterocycles. The molecule has 130 valence electrons. The zero-order valence-corrected chi connectivity index (χ0v) is 15.1. The average Bonchev–Trinajstić information content (AvgIpc) is 2.67. The monoisotopic (exact) mass is 336 g/mol. The molecule has 0 aliphatic carbocycles. The molecular weight excluding hydrogens is 312 g/mol. The molecule has 1 saturated heterocycles. The molecule has 1 fully saturated rings. The van der Waals surface area contributed by atoms with Gasteiger partial charge in [0.2, 0.25) is 5.95 Å². The number of benzene rings is 1. The lowest BCUT2D eigenvalue weighted by Crippen LogP contribution is -2.47. The molecule has 3 rings (SSSR count). The van der Waals surface area contributed by atoms with E-state index < -0.39 is 0 Å². The van der Waals surface area contributed by atoms with Crippen LogP contribution >= 0.6 is 0 Å². The van der Waals surface area contributed by atoms with Gasteiger partial charge in [-0.2, -0.15) is 10.2 Å². The molecule has 6 heteroatoms. The number of aromatic nitrogens is 2. The minimum absolute atomic E-state index is 0.398. The largest absolute Gasteiger partial charge is 0.369 e. The van der Waals surface area contributed by atoms with E-state index in [-0.39, 0.29) is 0 Å². The normalized spacial score (nSPS) is 17.0. The molecule has 1 aromatic carbocycles. The van der Waals surface area contributed by atoms with Crippen molar-refractivity contribution in [2.75, 3.05) is 48.9 Å². The molecule has 1 aliphatic rings. The van der Waals surface area contributed by atoms with E-state index in [0.29, 0.717) is 11.6 Å². The molecule has 0 N–H and O–H groups in total. The third-order valence-corrected chi connectivity index (χ3v) is 4.70. The van der Waals surface area contributed by atoms with E-state index in [1.165, 1.54) is 5.69 Å². The maximum atomic E-state index is 8.96. The number of rotatable bonds is 4. The summed E-state index contributed by atoms with van der Waals surface area (Å²) < 4.78 is 0. The second kappa shape index (κ2) is 7.39. The Bertz CT molecular complexity index is 749. The predicted molar refractivity (Wildman–Crippen MR) is 101 cm³/mol. The lowest BCUT2D eigenvalue weighted by atomic mass is 10.0. The summed E-state index contributed by atoms with van der Waals surface area (Å²) in [6.45, 7) is 1.99. The van der Waals surface area contributed by atoms with E-state index in [0.717, 1.165) is 37.7 Å². The Labute approximate surface area is 149 Å². The molecule has 0 bridgehead atoms. The number of nitriles is 1. The fourth-order valence-electron chi connectivity index (χ4n) is 3.19. The highest BCUT2D eigenvalue weighted by molar-refractivity contribution is 5.51. The van der Waals surface area contributed by atoms with Gasteiger partial charge in [0.15, 0.2) is 0 Å². The second-order valence-electron chi connectivity index (χ2n) is 6.62. The first-order valence-electron chi connectivity index (χ1n) is 8.57. The predicted octanol–water partition coefficient (Wildman–Crippen LogP) is 2.52. The van der Waals surface area contributed by atoms with Crippen LogP contribution in [0.2, 0.25) is 0 Å². The molecule has 25 heavy (non-hydrogen) atoms. The van der Waals surface area contributed by atoms with Crippen molar-refractivity contribution in [1.82, 2.24) is 9.97 Å². The lowest BCUT2D eigenvalue weighted by molar-refractivity contribution is 0.486. The smallest absolute Gasteiger partial charge is 0.226 e. The van der Waals surface area contributed by atoms with Crippen molar-refractivity contribution in [2.24, 2.45) is 0 Å². The average molecular weight is 336 g/mol. The van der Waals surface area contributed by atoms with Gasteiger partial charge in [0.1, 0.15) is 5.82 Å². The summed E-state index contributed by atoms with van der Waals surface area (Å²) in [6, 6.07) is 12.4. The van der Waals surface area contributed by atoms with E-state index >= 15 is 0 Å². The third-order valence-electron chi connectivity index (χ3n) is 4.70. The van der Waals surface area contributed by atoms with Gasteiger partial charge in [0, 0.05) is 52.2 Å². The number of hydrogen-bond donors (Lipinski definition) is 0. The highest BCUT2D eigenvalue weighted by atomic mass is 15.3. The quantitative estimate of drug-likeness (QED) is 0.855. The molecule has 1 unspecified atom stereocenters. The highest BCUT2D eigenvalue weighted by Gasteiger charge is 2.24. The summed E-state index contributed by atoms with van der Waals surface area (Å²) >= 11 is 0. The SMILES string of the molecule is CN(C)c1nccc(N(C)C2CCCN(c3ccc(C#N)cc3)C2)n1. The number of likely N-dealkylation sites (N-methyl/N-ethyl adjacent to an activating group) is 1. The van der Waals surface area contributed by atoms with Crippen LogP contribution in [0.5, 0.6) is 0 Å². The van der Waals surface area contributed by atoms with Crippen LogP contribution in [0.3, 0.4) is 0 Å². The first-order valence-corrected chi connectivity index (χ1v) is 8.57. The first-order chi connectivity index (χ1) is 12.1. The minimum Gasteiger partial charge on any atom is -0.369 e. The molecule has 1 aliphatic heterocycles. The number of anilines is 3. The molecule has 0 spiro atoms. The van der Waals surface area contributed by atoms with Crippen molar-refractivity contribution in [3.05, 3.63) is 42.1 Å². The van der Waals surface area contributed by atoms with Crippen LogP contribution in [0.25, 0.3) is 0 Å². The lowest BCUT2D eigenvalue weighted by Gasteiger charge is -2.39. The van der Waals surface area contributed by atoms with E-state index in [9.17, 15) is 0 Å². The van der Waals surface area contributed by atoms with E-state index in [4.69, 9.17) is 5.26 Å². The number of hydrogen-bond acceptors (Lipinski definition) is 6. The summed E-state index contributed by atoms with van der Waals surface area (Å²) in [5.41, 5.74) is 1.88. The van der Waals surface area contributed by atoms with Crippen molar-refractivity contribution >= 4 is 17.5 Å². The van der Waals surface area contributed by atoms with Crippen molar-refractivity contribution in [3.8, 4) is 6.07 Å². The van der Waals surface area contributed by atoms with Crippen LogP contribution in [-0.4, -0.2) is 50.2 Å². The maximum absolute atomic E-state index is 8.96. The molecule has 0 amide bonds. The van der Waals surface area contributed by atoms with E-state index in [2.05, 4.69) is 32.9 Å². The van der Waals surface area contributed by atoms with Crippen molar-refractivity contribution < 1.29 is 0 Å². The van der Waals surface area contributed by atoms with Gasteiger partial charge in [-0.1, -0.05) is 0 Å². The summed E-state index contributed by atoms with van der Waals surface area (Å²) in [5, 5.41) is 8.96.